The summed E-state index contributed by atoms with van der Waals surface area (Å²) in [4.78, 5) is 25.6. The highest BCUT2D eigenvalue weighted by molar-refractivity contribution is 5.98. The van der Waals surface area contributed by atoms with Gasteiger partial charge in [0, 0.05) is 55.6 Å². The Hall–Kier alpha value is -3.90. The number of benzene rings is 1. The number of likely N-dealkylation sites (tertiary alicyclic amines) is 1. The van der Waals surface area contributed by atoms with Gasteiger partial charge in [-0.15, -0.1) is 0 Å². The first-order chi connectivity index (χ1) is 14.7. The van der Waals surface area contributed by atoms with Gasteiger partial charge in [0.2, 0.25) is 5.60 Å². The van der Waals surface area contributed by atoms with Crippen LogP contribution in [0.25, 0.3) is 16.8 Å². The molecular formula is C22H22N6O3. The first-order valence-electron chi connectivity index (χ1n) is 9.69. The summed E-state index contributed by atoms with van der Waals surface area (Å²) in [5.41, 5.74) is 7.52. The molecule has 1 aromatic carbocycles. The Labute approximate surface area is 179 Å². The fourth-order valence-corrected chi connectivity index (χ4v) is 3.52. The predicted molar refractivity (Wildman–Crippen MR) is 113 cm³/mol. The Bertz CT molecular complexity index is 1260. The number of aromatic nitrogens is 4. The van der Waals surface area contributed by atoms with Gasteiger partial charge in [-0.1, -0.05) is 17.9 Å². The molecule has 0 bridgehead atoms. The van der Waals surface area contributed by atoms with Crippen molar-refractivity contribution in [1.29, 1.82) is 0 Å². The second kappa shape index (κ2) is 7.41. The van der Waals surface area contributed by atoms with Gasteiger partial charge in [0.1, 0.15) is 0 Å². The molecule has 0 unspecified atom stereocenters. The number of likely N-dealkylation sites (N-methyl/N-ethyl adjacent to an activating group) is 1. The Kier molecular flexibility index (Phi) is 4.87. The van der Waals surface area contributed by atoms with Crippen LogP contribution in [0.3, 0.4) is 0 Å². The molecule has 1 aliphatic heterocycles. The maximum atomic E-state index is 12.1. The molecule has 0 spiro atoms. The summed E-state index contributed by atoms with van der Waals surface area (Å²) >= 11 is 0. The largest absolute Gasteiger partial charge is 0.369 e. The molecule has 3 aromatic rings. The summed E-state index contributed by atoms with van der Waals surface area (Å²) in [6.45, 7) is 2.36. The molecule has 2 amide bonds. The molecule has 9 nitrogen and oxygen atoms in total. The quantitative estimate of drug-likeness (QED) is 0.605. The minimum absolute atomic E-state index is 0.140. The number of nitrogens with zero attached hydrogens (tertiary/aromatic N) is 5. The molecule has 1 aliphatic rings. The van der Waals surface area contributed by atoms with Crippen LogP contribution in [-0.2, 0) is 11.8 Å². The Balaban J connectivity index is 1.72. The van der Waals surface area contributed by atoms with Crippen LogP contribution in [0.4, 0.5) is 0 Å². The second-order valence-corrected chi connectivity index (χ2v) is 7.60. The number of nitrogens with two attached hydrogens (primary N) is 1. The van der Waals surface area contributed by atoms with Crippen LogP contribution in [0.1, 0.15) is 28.2 Å². The third-order valence-electron chi connectivity index (χ3n) is 5.51. The summed E-state index contributed by atoms with van der Waals surface area (Å²) in [5, 5.41) is 19.1. The van der Waals surface area contributed by atoms with Gasteiger partial charge in [-0.2, -0.15) is 10.2 Å². The van der Waals surface area contributed by atoms with E-state index in [1.165, 1.54) is 4.90 Å². The summed E-state index contributed by atoms with van der Waals surface area (Å²) in [5.74, 6) is 4.55. The molecule has 9 heteroatoms. The third kappa shape index (κ3) is 3.58. The smallest absolute Gasteiger partial charge is 0.269 e. The third-order valence-corrected chi connectivity index (χ3v) is 5.51. The minimum atomic E-state index is -1.67. The van der Waals surface area contributed by atoms with Crippen LogP contribution in [0.2, 0.25) is 0 Å². The van der Waals surface area contributed by atoms with E-state index in [-0.39, 0.29) is 12.1 Å². The number of rotatable bonds is 3. The van der Waals surface area contributed by atoms with E-state index in [4.69, 9.17) is 5.73 Å². The van der Waals surface area contributed by atoms with E-state index in [9.17, 15) is 14.7 Å². The molecule has 0 aliphatic carbocycles. The zero-order chi connectivity index (χ0) is 22.3. The Morgan fingerprint density at radius 1 is 1.29 bits per heavy atom. The number of amides is 2. The average molecular weight is 418 g/mol. The van der Waals surface area contributed by atoms with Crippen LogP contribution >= 0.6 is 0 Å². The average Bonchev–Trinajstić information content (AvgIpc) is 3.41. The van der Waals surface area contributed by atoms with E-state index < -0.39 is 17.4 Å². The van der Waals surface area contributed by atoms with Gasteiger partial charge in [-0.25, -0.2) is 4.68 Å². The van der Waals surface area contributed by atoms with Gasteiger partial charge in [0.15, 0.2) is 5.69 Å². The van der Waals surface area contributed by atoms with Crippen LogP contribution in [0.15, 0.2) is 36.7 Å². The highest BCUT2D eigenvalue weighted by Crippen LogP contribution is 2.27. The van der Waals surface area contributed by atoms with Crippen LogP contribution in [0, 0.1) is 18.8 Å². The Morgan fingerprint density at radius 3 is 2.68 bits per heavy atom. The normalized spacial score (nSPS) is 18.2. The van der Waals surface area contributed by atoms with Gasteiger partial charge in [-0.3, -0.25) is 14.3 Å². The van der Waals surface area contributed by atoms with Crippen molar-refractivity contribution in [1.82, 2.24) is 24.5 Å². The van der Waals surface area contributed by atoms with Crippen LogP contribution in [-0.4, -0.2) is 60.6 Å². The van der Waals surface area contributed by atoms with Crippen molar-refractivity contribution >= 4 is 11.8 Å². The summed E-state index contributed by atoms with van der Waals surface area (Å²) in [6.07, 6.45) is 3.66. The number of hydrogen-bond donors (Lipinski definition) is 2. The molecule has 0 radical (unpaired) electrons. The number of carbonyl (C=O) groups is 2. The first kappa shape index (κ1) is 20.4. The number of primary amides is 1. The van der Waals surface area contributed by atoms with Gasteiger partial charge in [0.05, 0.1) is 11.9 Å². The lowest BCUT2D eigenvalue weighted by atomic mass is 10.0. The van der Waals surface area contributed by atoms with E-state index in [0.717, 1.165) is 11.3 Å². The standard InChI is InChI=1S/C22H22N6O3/c1-14-17(12-24-27(14)3)18-13-28(25-19(18)20(23)29)16-6-4-5-15(11-16)7-8-22(31)9-10-26(2)21(22)30/h4-6,11-13,31H,9-10H2,1-3H3,(H2,23,29)/t22-/m0/s1. The maximum absolute atomic E-state index is 12.1. The van der Waals surface area contributed by atoms with E-state index >= 15 is 0 Å². The van der Waals surface area contributed by atoms with Gasteiger partial charge >= 0.3 is 0 Å². The molecule has 3 N–H and O–H groups in total. The fourth-order valence-electron chi connectivity index (χ4n) is 3.52. The molecule has 3 heterocycles. The molecule has 1 saturated heterocycles. The second-order valence-electron chi connectivity index (χ2n) is 7.60. The van der Waals surface area contributed by atoms with E-state index in [0.29, 0.717) is 23.4 Å². The molecule has 2 aromatic heterocycles. The van der Waals surface area contributed by atoms with Gasteiger partial charge in [0.25, 0.3) is 11.8 Å². The number of carbonyl (C=O) groups excluding carboxylic acids is 2. The van der Waals surface area contributed by atoms with E-state index in [1.807, 2.05) is 20.0 Å². The lowest BCUT2D eigenvalue weighted by Gasteiger charge is -2.13. The SMILES string of the molecule is Cc1c(-c2cn(-c3cccc(C#C[C@]4(O)CCN(C)C4=O)c3)nc2C(N)=O)cnn1C. The summed E-state index contributed by atoms with van der Waals surface area (Å²) in [7, 11) is 3.45. The monoisotopic (exact) mass is 418 g/mol. The molecule has 4 rings (SSSR count). The summed E-state index contributed by atoms with van der Waals surface area (Å²) in [6, 6.07) is 7.13. The van der Waals surface area contributed by atoms with Crippen molar-refractivity contribution in [2.24, 2.45) is 12.8 Å². The van der Waals surface area contributed by atoms with Crippen molar-refractivity contribution in [3.05, 3.63) is 53.6 Å². The number of aryl methyl sites for hydroxylation is 1. The summed E-state index contributed by atoms with van der Waals surface area (Å²) < 4.78 is 3.26. The lowest BCUT2D eigenvalue weighted by Crippen LogP contribution is -2.37. The topological polar surface area (TPSA) is 119 Å². The maximum Gasteiger partial charge on any atom is 0.269 e. The number of aliphatic hydroxyl groups is 1. The highest BCUT2D eigenvalue weighted by Gasteiger charge is 2.42. The van der Waals surface area contributed by atoms with Crippen molar-refractivity contribution in [3.8, 4) is 28.7 Å². The molecule has 158 valence electrons. The van der Waals surface area contributed by atoms with Gasteiger partial charge < -0.3 is 15.7 Å². The first-order valence-corrected chi connectivity index (χ1v) is 9.69. The van der Waals surface area contributed by atoms with Crippen LogP contribution < -0.4 is 5.73 Å². The molecular weight excluding hydrogens is 396 g/mol. The molecule has 31 heavy (non-hydrogen) atoms. The predicted octanol–water partition coefficient (Wildman–Crippen LogP) is 0.625. The van der Waals surface area contributed by atoms with Crippen molar-refractivity contribution in [2.45, 2.75) is 18.9 Å². The molecule has 0 saturated carbocycles. The highest BCUT2D eigenvalue weighted by atomic mass is 16.3. The molecule has 1 atom stereocenters. The van der Waals surface area contributed by atoms with Crippen molar-refractivity contribution in [2.75, 3.05) is 13.6 Å². The van der Waals surface area contributed by atoms with E-state index in [2.05, 4.69) is 22.0 Å². The van der Waals surface area contributed by atoms with Gasteiger partial charge in [-0.05, 0) is 25.1 Å². The van der Waals surface area contributed by atoms with Crippen molar-refractivity contribution < 1.29 is 14.7 Å². The number of hydrogen-bond acceptors (Lipinski definition) is 5. The Morgan fingerprint density at radius 2 is 2.06 bits per heavy atom. The van der Waals surface area contributed by atoms with E-state index in [1.54, 1.807) is 47.0 Å². The zero-order valence-corrected chi connectivity index (χ0v) is 17.5. The minimum Gasteiger partial charge on any atom is -0.369 e. The van der Waals surface area contributed by atoms with Crippen molar-refractivity contribution in [3.63, 3.8) is 0 Å². The lowest BCUT2D eigenvalue weighted by molar-refractivity contribution is -0.137. The fraction of sp³-hybridized carbons (Fsp3) is 0.273. The van der Waals surface area contributed by atoms with Crippen LogP contribution in [0.5, 0.6) is 0 Å². The zero-order valence-electron chi connectivity index (χ0n) is 17.5. The molecule has 1 fully saturated rings.